The van der Waals surface area contributed by atoms with Gasteiger partial charge < -0.3 is 14.6 Å². The highest BCUT2D eigenvalue weighted by Gasteiger charge is 2.32. The number of nitrogens with zero attached hydrogens (tertiary/aromatic N) is 1. The van der Waals surface area contributed by atoms with Crippen LogP contribution in [0.2, 0.25) is 0 Å². The van der Waals surface area contributed by atoms with E-state index in [2.05, 4.69) is 155 Å². The standard InChI is InChI=1S/C45H30N2OS/c1-2-12-27(13-3-1)35-26-40-42(34-19-9-11-21-39(34)49-40)43-44(35)48-45(46-43)32-23-25-37(31-17-7-6-16-30(31)32)47-36-20-10-8-18-33(36)41-29-15-5-4-14-28(29)22-24-38(41)47/h1-9,11-19,21-26,45-46H,10,20H2. The Hall–Kier alpha value is -5.84. The highest BCUT2D eigenvalue weighted by atomic mass is 32.1. The quantitative estimate of drug-likeness (QED) is 0.207. The normalized spacial score (nSPS) is 15.2. The molecule has 232 valence electrons. The maximum atomic E-state index is 7.03. The lowest BCUT2D eigenvalue weighted by Gasteiger charge is -2.20. The number of hydrogen-bond donors (Lipinski definition) is 1. The van der Waals surface area contributed by atoms with Gasteiger partial charge in [0.25, 0.3) is 0 Å². The zero-order chi connectivity index (χ0) is 32.1. The van der Waals surface area contributed by atoms with E-state index in [9.17, 15) is 0 Å². The lowest BCUT2D eigenvalue weighted by atomic mass is 9.98. The van der Waals surface area contributed by atoms with Gasteiger partial charge in [-0.15, -0.1) is 11.3 Å². The number of aromatic nitrogens is 1. The predicted octanol–water partition coefficient (Wildman–Crippen LogP) is 12.4. The first-order valence-corrected chi connectivity index (χ1v) is 17.8. The summed E-state index contributed by atoms with van der Waals surface area (Å²) in [7, 11) is 0. The average Bonchev–Trinajstić information content (AvgIpc) is 3.86. The van der Waals surface area contributed by atoms with E-state index in [-0.39, 0.29) is 6.23 Å². The van der Waals surface area contributed by atoms with E-state index in [4.69, 9.17) is 4.74 Å². The van der Waals surface area contributed by atoms with Crippen molar-refractivity contribution in [3.05, 3.63) is 156 Å². The van der Waals surface area contributed by atoms with Gasteiger partial charge in [-0.25, -0.2) is 0 Å². The molecule has 7 aromatic carbocycles. The van der Waals surface area contributed by atoms with Gasteiger partial charge in [-0.05, 0) is 58.8 Å². The van der Waals surface area contributed by atoms with Crippen molar-refractivity contribution in [2.75, 3.05) is 5.32 Å². The van der Waals surface area contributed by atoms with Crippen LogP contribution in [0.4, 0.5) is 5.69 Å². The van der Waals surface area contributed by atoms with Crippen LogP contribution in [0.5, 0.6) is 5.75 Å². The lowest BCUT2D eigenvalue weighted by molar-refractivity contribution is 0.262. The largest absolute Gasteiger partial charge is 0.464 e. The van der Waals surface area contributed by atoms with Crippen LogP contribution >= 0.6 is 11.3 Å². The summed E-state index contributed by atoms with van der Waals surface area (Å²) in [6.45, 7) is 0. The van der Waals surface area contributed by atoms with E-state index in [1.165, 1.54) is 69.6 Å². The molecule has 9 aromatic rings. The van der Waals surface area contributed by atoms with Crippen LogP contribution < -0.4 is 10.1 Å². The van der Waals surface area contributed by atoms with Crippen LogP contribution in [-0.2, 0) is 6.42 Å². The van der Waals surface area contributed by atoms with E-state index in [0.717, 1.165) is 41.0 Å². The Labute approximate surface area is 287 Å². The molecule has 1 unspecified atom stereocenters. The smallest absolute Gasteiger partial charge is 0.197 e. The fourth-order valence-corrected chi connectivity index (χ4v) is 9.53. The summed E-state index contributed by atoms with van der Waals surface area (Å²) < 4.78 is 12.1. The van der Waals surface area contributed by atoms with Crippen LogP contribution in [0.25, 0.3) is 75.5 Å². The van der Waals surface area contributed by atoms with Gasteiger partial charge in [0.2, 0.25) is 0 Å². The summed E-state index contributed by atoms with van der Waals surface area (Å²) in [4.78, 5) is 0. The van der Waals surface area contributed by atoms with Crippen LogP contribution in [-0.4, -0.2) is 4.57 Å². The number of allylic oxidation sites excluding steroid dienone is 1. The molecule has 3 nitrogen and oxygen atoms in total. The SMILES string of the molecule is C1=Cc2c(n(-c3ccc(C4Nc5c(c(-c6ccccc6)cc6sc7ccccc7c56)O4)c4ccccc34)c3ccc4ccccc4c23)CC1. The van der Waals surface area contributed by atoms with Gasteiger partial charge in [-0.1, -0.05) is 121 Å². The van der Waals surface area contributed by atoms with E-state index in [1.807, 2.05) is 11.3 Å². The molecule has 0 amide bonds. The number of fused-ring (bicyclic) bond motifs is 11. The van der Waals surface area contributed by atoms with E-state index in [1.54, 1.807) is 0 Å². The Kier molecular flexibility index (Phi) is 5.72. The number of benzene rings is 7. The highest BCUT2D eigenvalue weighted by Crippen LogP contribution is 2.53. The molecule has 4 heteroatoms. The molecule has 1 aliphatic heterocycles. The molecule has 1 aliphatic carbocycles. The molecule has 0 radical (unpaired) electrons. The van der Waals surface area contributed by atoms with Crippen molar-refractivity contribution in [3.63, 3.8) is 0 Å². The van der Waals surface area contributed by atoms with Gasteiger partial charge in [0.05, 0.1) is 16.9 Å². The third-order valence-electron chi connectivity index (χ3n) is 10.5. The maximum absolute atomic E-state index is 7.03. The summed E-state index contributed by atoms with van der Waals surface area (Å²) in [5.74, 6) is 0.921. The second-order valence-electron chi connectivity index (χ2n) is 13.1. The molecule has 0 bridgehead atoms. The number of hydrogen-bond acceptors (Lipinski definition) is 3. The molecule has 11 rings (SSSR count). The number of nitrogens with one attached hydrogen (secondary N) is 1. The van der Waals surface area contributed by atoms with Crippen molar-refractivity contribution in [1.29, 1.82) is 0 Å². The van der Waals surface area contributed by atoms with Crippen LogP contribution in [0.3, 0.4) is 0 Å². The first kappa shape index (κ1) is 27.1. The van der Waals surface area contributed by atoms with Gasteiger partial charge in [0, 0.05) is 53.3 Å². The number of anilines is 1. The van der Waals surface area contributed by atoms with Crippen molar-refractivity contribution >= 4 is 75.7 Å². The van der Waals surface area contributed by atoms with Crippen LogP contribution in [0.1, 0.15) is 29.5 Å². The summed E-state index contributed by atoms with van der Waals surface area (Å²) in [5, 5.41) is 12.7. The lowest BCUT2D eigenvalue weighted by Crippen LogP contribution is -2.12. The molecule has 49 heavy (non-hydrogen) atoms. The Balaban J connectivity index is 1.12. The molecule has 0 saturated heterocycles. The third kappa shape index (κ3) is 3.89. The zero-order valence-corrected chi connectivity index (χ0v) is 27.4. The summed E-state index contributed by atoms with van der Waals surface area (Å²) in [5.41, 5.74) is 9.70. The number of thiophene rings is 1. The Morgan fingerprint density at radius 2 is 1.45 bits per heavy atom. The van der Waals surface area contributed by atoms with Crippen LogP contribution in [0.15, 0.2) is 140 Å². The fourth-order valence-electron chi connectivity index (χ4n) is 8.37. The molecule has 0 fully saturated rings. The predicted molar refractivity (Wildman–Crippen MR) is 207 cm³/mol. The minimum atomic E-state index is -0.331. The topological polar surface area (TPSA) is 26.2 Å². The molecule has 0 spiro atoms. The van der Waals surface area contributed by atoms with E-state index in [0.29, 0.717) is 0 Å². The molecular weight excluding hydrogens is 617 g/mol. The summed E-state index contributed by atoms with van der Waals surface area (Å²) in [6.07, 6.45) is 6.40. The Bertz CT molecular complexity index is 2840. The zero-order valence-electron chi connectivity index (χ0n) is 26.6. The van der Waals surface area contributed by atoms with E-state index < -0.39 is 0 Å². The van der Waals surface area contributed by atoms with Crippen molar-refractivity contribution in [2.24, 2.45) is 0 Å². The fraction of sp³-hybridized carbons (Fsp3) is 0.0667. The van der Waals surface area contributed by atoms with E-state index >= 15 is 0 Å². The second kappa shape index (κ2) is 10.3. The van der Waals surface area contributed by atoms with Gasteiger partial charge >= 0.3 is 0 Å². The maximum Gasteiger partial charge on any atom is 0.197 e. The number of ether oxygens (including phenoxy) is 1. The first-order valence-electron chi connectivity index (χ1n) is 17.0. The van der Waals surface area contributed by atoms with Crippen molar-refractivity contribution in [3.8, 4) is 22.6 Å². The van der Waals surface area contributed by atoms with Crippen molar-refractivity contribution in [2.45, 2.75) is 19.1 Å². The van der Waals surface area contributed by atoms with Gasteiger partial charge in [0.1, 0.15) is 0 Å². The highest BCUT2D eigenvalue weighted by molar-refractivity contribution is 7.26. The molecule has 2 aromatic heterocycles. The Morgan fingerprint density at radius 1 is 0.673 bits per heavy atom. The average molecular weight is 647 g/mol. The molecule has 3 heterocycles. The molecular formula is C45H30N2OS. The Morgan fingerprint density at radius 3 is 2.35 bits per heavy atom. The third-order valence-corrected chi connectivity index (χ3v) is 11.6. The van der Waals surface area contributed by atoms with Gasteiger partial charge in [-0.3, -0.25) is 0 Å². The minimum absolute atomic E-state index is 0.331. The minimum Gasteiger partial charge on any atom is -0.464 e. The van der Waals surface area contributed by atoms with Crippen molar-refractivity contribution in [1.82, 2.24) is 4.57 Å². The monoisotopic (exact) mass is 646 g/mol. The molecule has 2 aliphatic rings. The van der Waals surface area contributed by atoms with Gasteiger partial charge in [0.15, 0.2) is 12.0 Å². The summed E-state index contributed by atoms with van der Waals surface area (Å²) in [6, 6.07) is 48.4. The summed E-state index contributed by atoms with van der Waals surface area (Å²) >= 11 is 1.85. The van der Waals surface area contributed by atoms with Crippen LogP contribution in [0, 0.1) is 0 Å². The number of rotatable bonds is 3. The second-order valence-corrected chi connectivity index (χ2v) is 14.2. The molecule has 1 atom stereocenters. The molecule has 0 saturated carbocycles. The van der Waals surface area contributed by atoms with Gasteiger partial charge in [-0.2, -0.15) is 0 Å². The molecule has 1 N–H and O–H groups in total. The van der Waals surface area contributed by atoms with Crippen molar-refractivity contribution < 1.29 is 4.74 Å². The first-order chi connectivity index (χ1) is 24.3.